The molecule has 2 atom stereocenters. The van der Waals surface area contributed by atoms with Crippen LogP contribution in [0, 0.1) is 0 Å². The molecule has 2 rings (SSSR count). The lowest BCUT2D eigenvalue weighted by Crippen LogP contribution is -2.32. The Morgan fingerprint density at radius 2 is 1.91 bits per heavy atom. The summed E-state index contributed by atoms with van der Waals surface area (Å²) in [6.45, 7) is 4.24. The van der Waals surface area contributed by atoms with Crippen LogP contribution in [-0.4, -0.2) is 31.3 Å². The zero-order chi connectivity index (χ0) is 15.9. The average Bonchev–Trinajstić information content (AvgIpc) is 2.52. The van der Waals surface area contributed by atoms with Crippen LogP contribution in [0.2, 0.25) is 0 Å². The number of rotatable bonds is 6. The Balaban J connectivity index is 2.07. The Labute approximate surface area is 130 Å². The predicted octanol–water partition coefficient (Wildman–Crippen LogP) is 2.58. The van der Waals surface area contributed by atoms with Crippen molar-refractivity contribution >= 4 is 11.9 Å². The largest absolute Gasteiger partial charge is 0.466 e. The summed E-state index contributed by atoms with van der Waals surface area (Å²) in [4.78, 5) is 23.6. The topological polar surface area (TPSA) is 61.8 Å². The van der Waals surface area contributed by atoms with Gasteiger partial charge in [-0.2, -0.15) is 0 Å². The van der Waals surface area contributed by atoms with Crippen molar-refractivity contribution in [1.82, 2.24) is 0 Å². The molecule has 0 amide bonds. The summed E-state index contributed by atoms with van der Waals surface area (Å²) in [7, 11) is 0. The highest BCUT2D eigenvalue weighted by molar-refractivity contribution is 5.77. The molecule has 1 aromatic carbocycles. The predicted molar refractivity (Wildman–Crippen MR) is 80.3 cm³/mol. The van der Waals surface area contributed by atoms with Crippen molar-refractivity contribution in [2.75, 3.05) is 13.2 Å². The van der Waals surface area contributed by atoms with Gasteiger partial charge in [0.15, 0.2) is 6.10 Å². The molecule has 1 aliphatic rings. The van der Waals surface area contributed by atoms with E-state index in [2.05, 4.69) is 0 Å². The van der Waals surface area contributed by atoms with Crippen LogP contribution in [0.15, 0.2) is 24.3 Å². The van der Waals surface area contributed by atoms with E-state index in [1.165, 1.54) is 0 Å². The maximum Gasteiger partial charge on any atom is 0.339 e. The minimum atomic E-state index is -0.711. The van der Waals surface area contributed by atoms with Gasteiger partial charge in [0.2, 0.25) is 0 Å². The van der Waals surface area contributed by atoms with Crippen LogP contribution in [0.1, 0.15) is 43.9 Å². The Hall–Kier alpha value is -1.88. The van der Waals surface area contributed by atoms with E-state index < -0.39 is 6.10 Å². The number of benzene rings is 1. The third-order valence-electron chi connectivity index (χ3n) is 3.59. The third-order valence-corrected chi connectivity index (χ3v) is 3.59. The average molecular weight is 306 g/mol. The molecule has 0 saturated carbocycles. The van der Waals surface area contributed by atoms with E-state index in [0.717, 1.165) is 11.1 Å². The summed E-state index contributed by atoms with van der Waals surface area (Å²) < 4.78 is 15.9. The zero-order valence-electron chi connectivity index (χ0n) is 13.0. The Bertz CT molecular complexity index is 526. The smallest absolute Gasteiger partial charge is 0.339 e. The fourth-order valence-corrected chi connectivity index (χ4v) is 2.62. The minimum Gasteiger partial charge on any atom is -0.466 e. The van der Waals surface area contributed by atoms with Gasteiger partial charge in [0, 0.05) is 6.42 Å². The maximum atomic E-state index is 12.1. The molecule has 1 aromatic rings. The lowest BCUT2D eigenvalue weighted by atomic mass is 9.92. The molecule has 0 radical (unpaired) electrons. The zero-order valence-corrected chi connectivity index (χ0v) is 13.0. The number of fused-ring (bicyclic) bond motifs is 1. The fourth-order valence-electron chi connectivity index (χ4n) is 2.62. The molecule has 0 fully saturated rings. The first-order valence-electron chi connectivity index (χ1n) is 7.71. The molecule has 5 nitrogen and oxygen atoms in total. The summed E-state index contributed by atoms with van der Waals surface area (Å²) in [5.74, 6) is -0.617. The van der Waals surface area contributed by atoms with Crippen LogP contribution in [0.25, 0.3) is 0 Å². The number of carbonyl (C=O) groups excluding carboxylic acids is 2. The van der Waals surface area contributed by atoms with Gasteiger partial charge in [-0.3, -0.25) is 4.79 Å². The van der Waals surface area contributed by atoms with E-state index in [9.17, 15) is 9.59 Å². The molecule has 0 bridgehead atoms. The maximum absolute atomic E-state index is 12.1. The molecule has 22 heavy (non-hydrogen) atoms. The highest BCUT2D eigenvalue weighted by atomic mass is 16.6. The van der Waals surface area contributed by atoms with E-state index in [1.54, 1.807) is 13.8 Å². The van der Waals surface area contributed by atoms with Crippen LogP contribution < -0.4 is 0 Å². The summed E-state index contributed by atoms with van der Waals surface area (Å²) >= 11 is 0. The van der Waals surface area contributed by atoms with Crippen LogP contribution in [0.3, 0.4) is 0 Å². The molecule has 0 aliphatic carbocycles. The Kier molecular flexibility index (Phi) is 5.95. The minimum absolute atomic E-state index is 0.186. The number of carbonyl (C=O) groups is 2. The Morgan fingerprint density at radius 3 is 2.64 bits per heavy atom. The van der Waals surface area contributed by atoms with E-state index in [1.807, 2.05) is 24.3 Å². The fraction of sp³-hybridized carbons (Fsp3) is 0.529. The van der Waals surface area contributed by atoms with Crippen molar-refractivity contribution in [3.8, 4) is 0 Å². The molecule has 0 unspecified atom stereocenters. The lowest BCUT2D eigenvalue weighted by Gasteiger charge is -2.30. The molecule has 0 saturated heterocycles. The van der Waals surface area contributed by atoms with Gasteiger partial charge in [-0.15, -0.1) is 0 Å². The Morgan fingerprint density at radius 1 is 1.18 bits per heavy atom. The van der Waals surface area contributed by atoms with E-state index in [4.69, 9.17) is 14.2 Å². The summed E-state index contributed by atoms with van der Waals surface area (Å²) in [6.07, 6.45) is 0.607. The van der Waals surface area contributed by atoms with Crippen LogP contribution in [-0.2, 0) is 30.2 Å². The second-order valence-electron chi connectivity index (χ2n) is 5.14. The van der Waals surface area contributed by atoms with Crippen LogP contribution in [0.5, 0.6) is 0 Å². The van der Waals surface area contributed by atoms with Crippen molar-refractivity contribution in [2.24, 2.45) is 0 Å². The number of ether oxygens (including phenoxy) is 3. The van der Waals surface area contributed by atoms with Gasteiger partial charge in [-0.25, -0.2) is 4.79 Å². The number of hydrogen-bond acceptors (Lipinski definition) is 5. The van der Waals surface area contributed by atoms with Crippen molar-refractivity contribution in [3.63, 3.8) is 0 Å². The van der Waals surface area contributed by atoms with Gasteiger partial charge in [0.1, 0.15) is 0 Å². The van der Waals surface area contributed by atoms with Gasteiger partial charge in [0.25, 0.3) is 0 Å². The van der Waals surface area contributed by atoms with E-state index in [-0.39, 0.29) is 24.5 Å². The first kappa shape index (κ1) is 16.5. The molecule has 1 aliphatic heterocycles. The number of hydrogen-bond donors (Lipinski definition) is 0. The van der Waals surface area contributed by atoms with Gasteiger partial charge >= 0.3 is 11.9 Å². The molecule has 0 N–H and O–H groups in total. The molecule has 120 valence electrons. The van der Waals surface area contributed by atoms with Crippen molar-refractivity contribution in [3.05, 3.63) is 35.4 Å². The van der Waals surface area contributed by atoms with Crippen molar-refractivity contribution < 1.29 is 23.8 Å². The second-order valence-corrected chi connectivity index (χ2v) is 5.14. The van der Waals surface area contributed by atoms with Gasteiger partial charge < -0.3 is 14.2 Å². The highest BCUT2D eigenvalue weighted by Crippen LogP contribution is 2.32. The molecule has 1 heterocycles. The lowest BCUT2D eigenvalue weighted by molar-refractivity contribution is -0.163. The number of esters is 2. The molecule has 0 aromatic heterocycles. The van der Waals surface area contributed by atoms with Gasteiger partial charge in [-0.1, -0.05) is 24.3 Å². The third kappa shape index (κ3) is 4.07. The summed E-state index contributed by atoms with van der Waals surface area (Å²) in [6, 6.07) is 7.70. The summed E-state index contributed by atoms with van der Waals surface area (Å²) in [5, 5.41) is 0. The van der Waals surface area contributed by atoms with Crippen LogP contribution in [0.4, 0.5) is 0 Å². The van der Waals surface area contributed by atoms with E-state index >= 15 is 0 Å². The second kappa shape index (κ2) is 7.94. The summed E-state index contributed by atoms with van der Waals surface area (Å²) in [5.41, 5.74) is 1.92. The van der Waals surface area contributed by atoms with Crippen molar-refractivity contribution in [1.29, 1.82) is 0 Å². The SMILES string of the molecule is CCOC(=O)CC[C@@H]1Cc2ccccc2[C@H](C(=O)OCC)O1. The molecular weight excluding hydrogens is 284 g/mol. The highest BCUT2D eigenvalue weighted by Gasteiger charge is 2.33. The molecule has 5 heteroatoms. The molecule has 0 spiro atoms. The normalized spacial score (nSPS) is 20.1. The van der Waals surface area contributed by atoms with Crippen molar-refractivity contribution in [2.45, 2.75) is 45.3 Å². The monoisotopic (exact) mass is 306 g/mol. The first-order valence-corrected chi connectivity index (χ1v) is 7.71. The van der Waals surface area contributed by atoms with Gasteiger partial charge in [0.05, 0.1) is 19.3 Å². The standard InChI is InChI=1S/C17H22O5/c1-3-20-15(18)10-9-13-11-12-7-5-6-8-14(12)16(22-13)17(19)21-4-2/h5-8,13,16H,3-4,9-11H2,1-2H3/t13-,16-/m1/s1. The molecular formula is C17H22O5. The first-order chi connectivity index (χ1) is 10.7. The van der Waals surface area contributed by atoms with Crippen LogP contribution >= 0.6 is 0 Å². The quantitative estimate of drug-likeness (QED) is 0.756. The van der Waals surface area contributed by atoms with E-state index in [0.29, 0.717) is 26.1 Å². The van der Waals surface area contributed by atoms with Gasteiger partial charge in [-0.05, 0) is 37.8 Å².